The summed E-state index contributed by atoms with van der Waals surface area (Å²) in [5.41, 5.74) is 1.89. The minimum Gasteiger partial charge on any atom is -0.320 e. The minimum absolute atomic E-state index is 0.183. The summed E-state index contributed by atoms with van der Waals surface area (Å²) in [5, 5.41) is 8.86. The van der Waals surface area contributed by atoms with Gasteiger partial charge in [0.2, 0.25) is 5.82 Å². The summed E-state index contributed by atoms with van der Waals surface area (Å²) in [6.07, 6.45) is 1.32. The van der Waals surface area contributed by atoms with E-state index in [9.17, 15) is 4.79 Å². The maximum absolute atomic E-state index is 10.8. The molecule has 4 heteroatoms. The van der Waals surface area contributed by atoms with Gasteiger partial charge in [0.1, 0.15) is 11.9 Å². The molecular weight excluding hydrogens is 190 g/mol. The number of hydrogen-bond donors (Lipinski definition) is 0. The number of nitriles is 1. The standard InChI is InChI=1S/C11H15N3O/c1-8(15)5-4-6-14-10(3)9(2)13-11(14)7-12/h4-6H2,1-3H3. The molecule has 0 N–H and O–H groups in total. The Labute approximate surface area is 89.5 Å². The average Bonchev–Trinajstić information content (AvgIpc) is 2.44. The van der Waals surface area contributed by atoms with Crippen LogP contribution in [0.5, 0.6) is 0 Å². The lowest BCUT2D eigenvalue weighted by Crippen LogP contribution is -2.05. The fourth-order valence-corrected chi connectivity index (χ4v) is 1.50. The summed E-state index contributed by atoms with van der Waals surface area (Å²) in [6.45, 7) is 6.10. The van der Waals surface area contributed by atoms with Crippen molar-refractivity contribution in [2.75, 3.05) is 0 Å². The molecule has 0 amide bonds. The zero-order chi connectivity index (χ0) is 11.4. The first-order valence-corrected chi connectivity index (χ1v) is 4.99. The molecule has 0 aliphatic rings. The van der Waals surface area contributed by atoms with E-state index in [2.05, 4.69) is 11.1 Å². The van der Waals surface area contributed by atoms with Crippen LogP contribution >= 0.6 is 0 Å². The summed E-state index contributed by atoms with van der Waals surface area (Å²) in [6, 6.07) is 2.06. The Balaban J connectivity index is 2.76. The number of ketones is 1. The van der Waals surface area contributed by atoms with Gasteiger partial charge in [0.25, 0.3) is 0 Å². The third-order valence-corrected chi connectivity index (χ3v) is 2.47. The van der Waals surface area contributed by atoms with E-state index >= 15 is 0 Å². The molecule has 0 atom stereocenters. The van der Waals surface area contributed by atoms with Crippen LogP contribution in [0.1, 0.15) is 37.0 Å². The van der Waals surface area contributed by atoms with Crippen LogP contribution in [0.3, 0.4) is 0 Å². The number of hydrogen-bond acceptors (Lipinski definition) is 3. The van der Waals surface area contributed by atoms with Gasteiger partial charge >= 0.3 is 0 Å². The van der Waals surface area contributed by atoms with Gasteiger partial charge in [-0.2, -0.15) is 5.26 Å². The average molecular weight is 205 g/mol. The lowest BCUT2D eigenvalue weighted by atomic mass is 10.2. The largest absolute Gasteiger partial charge is 0.320 e. The van der Waals surface area contributed by atoms with E-state index in [1.807, 2.05) is 18.4 Å². The van der Waals surface area contributed by atoms with E-state index in [1.54, 1.807) is 6.92 Å². The second kappa shape index (κ2) is 4.74. The summed E-state index contributed by atoms with van der Waals surface area (Å²) in [4.78, 5) is 14.9. The molecule has 0 unspecified atom stereocenters. The third kappa shape index (κ3) is 2.66. The molecule has 15 heavy (non-hydrogen) atoms. The number of imidazole rings is 1. The minimum atomic E-state index is 0.183. The zero-order valence-corrected chi connectivity index (χ0v) is 9.37. The van der Waals surface area contributed by atoms with Crippen molar-refractivity contribution >= 4 is 5.78 Å². The number of nitrogens with zero attached hydrogens (tertiary/aromatic N) is 3. The molecule has 1 aromatic heterocycles. The van der Waals surface area contributed by atoms with Crippen molar-refractivity contribution in [3.63, 3.8) is 0 Å². The topological polar surface area (TPSA) is 58.7 Å². The molecule has 0 saturated carbocycles. The lowest BCUT2D eigenvalue weighted by Gasteiger charge is -2.05. The Morgan fingerprint density at radius 1 is 1.53 bits per heavy atom. The zero-order valence-electron chi connectivity index (χ0n) is 9.37. The molecule has 4 nitrogen and oxygen atoms in total. The second-order valence-corrected chi connectivity index (χ2v) is 3.68. The van der Waals surface area contributed by atoms with Crippen molar-refractivity contribution in [2.24, 2.45) is 0 Å². The molecule has 0 bridgehead atoms. The van der Waals surface area contributed by atoms with Crippen LogP contribution in [0.15, 0.2) is 0 Å². The molecule has 0 aliphatic carbocycles. The molecule has 1 aromatic rings. The van der Waals surface area contributed by atoms with E-state index in [0.29, 0.717) is 18.8 Å². The first-order chi connectivity index (χ1) is 7.06. The molecule has 1 rings (SSSR count). The van der Waals surface area contributed by atoms with Crippen LogP contribution in [0, 0.1) is 25.2 Å². The second-order valence-electron chi connectivity index (χ2n) is 3.68. The Bertz CT molecular complexity index is 412. The molecule has 0 aromatic carbocycles. The number of aryl methyl sites for hydroxylation is 1. The molecule has 80 valence electrons. The lowest BCUT2D eigenvalue weighted by molar-refractivity contribution is -0.117. The highest BCUT2D eigenvalue weighted by molar-refractivity contribution is 5.75. The molecule has 1 heterocycles. The van der Waals surface area contributed by atoms with Crippen molar-refractivity contribution in [3.8, 4) is 6.07 Å². The smallest absolute Gasteiger partial charge is 0.213 e. The van der Waals surface area contributed by atoms with Crippen molar-refractivity contribution in [2.45, 2.75) is 40.2 Å². The summed E-state index contributed by atoms with van der Waals surface area (Å²) in [5.74, 6) is 0.622. The van der Waals surface area contributed by atoms with Gasteiger partial charge in [0.15, 0.2) is 0 Å². The molecule has 0 radical (unpaired) electrons. The van der Waals surface area contributed by atoms with Gasteiger partial charge in [-0.25, -0.2) is 4.98 Å². The van der Waals surface area contributed by atoms with Crippen molar-refractivity contribution in [1.29, 1.82) is 5.26 Å². The number of carbonyl (C=O) groups is 1. The first-order valence-electron chi connectivity index (χ1n) is 4.99. The number of rotatable bonds is 4. The Morgan fingerprint density at radius 3 is 2.73 bits per heavy atom. The molecule has 0 saturated heterocycles. The summed E-state index contributed by atoms with van der Waals surface area (Å²) < 4.78 is 1.87. The van der Waals surface area contributed by atoms with Crippen molar-refractivity contribution < 1.29 is 4.79 Å². The van der Waals surface area contributed by atoms with E-state index in [1.165, 1.54) is 0 Å². The molecule has 0 spiro atoms. The first kappa shape index (κ1) is 11.4. The Morgan fingerprint density at radius 2 is 2.20 bits per heavy atom. The van der Waals surface area contributed by atoms with Crippen LogP contribution in [0.2, 0.25) is 0 Å². The number of carbonyl (C=O) groups excluding carboxylic acids is 1. The van der Waals surface area contributed by atoms with E-state index in [-0.39, 0.29) is 5.78 Å². The highest BCUT2D eigenvalue weighted by atomic mass is 16.1. The summed E-state index contributed by atoms with van der Waals surface area (Å²) >= 11 is 0. The predicted molar refractivity (Wildman–Crippen MR) is 56.3 cm³/mol. The van der Waals surface area contributed by atoms with Crippen molar-refractivity contribution in [3.05, 3.63) is 17.2 Å². The maximum atomic E-state index is 10.8. The maximum Gasteiger partial charge on any atom is 0.213 e. The van der Waals surface area contributed by atoms with Crippen LogP contribution in [0.4, 0.5) is 0 Å². The fraction of sp³-hybridized carbons (Fsp3) is 0.545. The predicted octanol–water partition coefficient (Wildman–Crippen LogP) is 1.74. The van der Waals surface area contributed by atoms with Gasteiger partial charge in [0, 0.05) is 18.7 Å². The van der Waals surface area contributed by atoms with E-state index in [4.69, 9.17) is 5.26 Å². The monoisotopic (exact) mass is 205 g/mol. The van der Waals surface area contributed by atoms with Crippen molar-refractivity contribution in [1.82, 2.24) is 9.55 Å². The molecule has 0 fully saturated rings. The molecule has 0 aliphatic heterocycles. The molecular formula is C11H15N3O. The SMILES string of the molecule is CC(=O)CCCn1c(C#N)nc(C)c1C. The van der Waals surface area contributed by atoms with E-state index in [0.717, 1.165) is 17.8 Å². The van der Waals surface area contributed by atoms with Crippen LogP contribution in [0.25, 0.3) is 0 Å². The number of aromatic nitrogens is 2. The van der Waals surface area contributed by atoms with Gasteiger partial charge in [0.05, 0.1) is 5.69 Å². The Hall–Kier alpha value is -1.63. The van der Waals surface area contributed by atoms with Gasteiger partial charge < -0.3 is 9.36 Å². The van der Waals surface area contributed by atoms with Gasteiger partial charge in [-0.1, -0.05) is 0 Å². The van der Waals surface area contributed by atoms with Crippen LogP contribution in [-0.4, -0.2) is 15.3 Å². The van der Waals surface area contributed by atoms with Gasteiger partial charge in [-0.05, 0) is 27.2 Å². The third-order valence-electron chi connectivity index (χ3n) is 2.47. The fourth-order valence-electron chi connectivity index (χ4n) is 1.50. The highest BCUT2D eigenvalue weighted by Gasteiger charge is 2.09. The van der Waals surface area contributed by atoms with Gasteiger partial charge in [-0.15, -0.1) is 0 Å². The van der Waals surface area contributed by atoms with E-state index < -0.39 is 0 Å². The highest BCUT2D eigenvalue weighted by Crippen LogP contribution is 2.10. The normalized spacial score (nSPS) is 10.0. The Kier molecular flexibility index (Phi) is 3.62. The van der Waals surface area contributed by atoms with Crippen LogP contribution in [-0.2, 0) is 11.3 Å². The van der Waals surface area contributed by atoms with Crippen LogP contribution < -0.4 is 0 Å². The summed E-state index contributed by atoms with van der Waals surface area (Å²) in [7, 11) is 0. The quantitative estimate of drug-likeness (QED) is 0.752. The number of Topliss-reactive ketones (excluding diaryl/α,β-unsaturated/α-hetero) is 1. The van der Waals surface area contributed by atoms with Gasteiger partial charge in [-0.3, -0.25) is 0 Å².